The lowest BCUT2D eigenvalue weighted by Gasteiger charge is -2.35. The van der Waals surface area contributed by atoms with E-state index in [0.717, 1.165) is 19.6 Å². The Morgan fingerprint density at radius 1 is 0.971 bits per heavy atom. The molecular formula is C28H31N5O2. The third-order valence-electron chi connectivity index (χ3n) is 6.88. The smallest absolute Gasteiger partial charge is 0.282 e. The Labute approximate surface area is 205 Å². The van der Waals surface area contributed by atoms with Crippen molar-refractivity contribution in [3.8, 4) is 16.9 Å². The fraction of sp³-hybridized carbons (Fsp3) is 0.321. The first-order valence-electron chi connectivity index (χ1n) is 12.2. The topological polar surface area (TPSA) is 63.4 Å². The number of carbonyl (C=O) groups is 1. The molecular weight excluding hydrogens is 438 g/mol. The summed E-state index contributed by atoms with van der Waals surface area (Å²) in [5, 5.41) is 4.60. The van der Waals surface area contributed by atoms with E-state index in [1.807, 2.05) is 52.9 Å². The fourth-order valence-corrected chi connectivity index (χ4v) is 4.73. The summed E-state index contributed by atoms with van der Waals surface area (Å²) in [6, 6.07) is 15.9. The van der Waals surface area contributed by atoms with Crippen molar-refractivity contribution < 1.29 is 4.79 Å². The third-order valence-corrected chi connectivity index (χ3v) is 6.88. The molecule has 0 aliphatic carbocycles. The number of carbonyl (C=O) groups excluding carboxylic acids is 1. The number of benzene rings is 2. The maximum atomic E-state index is 13.6. The predicted molar refractivity (Wildman–Crippen MR) is 137 cm³/mol. The second-order valence-electron chi connectivity index (χ2n) is 9.32. The predicted octanol–water partition coefficient (Wildman–Crippen LogP) is 3.73. The Kier molecular flexibility index (Phi) is 6.26. The average molecular weight is 470 g/mol. The van der Waals surface area contributed by atoms with Crippen LogP contribution >= 0.6 is 0 Å². The van der Waals surface area contributed by atoms with Gasteiger partial charge in [0, 0.05) is 51.7 Å². The molecule has 3 heterocycles. The van der Waals surface area contributed by atoms with Crippen LogP contribution in [0.2, 0.25) is 0 Å². The third kappa shape index (κ3) is 4.51. The van der Waals surface area contributed by atoms with Gasteiger partial charge < -0.3 is 9.47 Å². The fourth-order valence-electron chi connectivity index (χ4n) is 4.73. The summed E-state index contributed by atoms with van der Waals surface area (Å²) in [6.45, 7) is 10.7. The zero-order valence-electron chi connectivity index (χ0n) is 20.6. The van der Waals surface area contributed by atoms with Gasteiger partial charge in [0.05, 0.1) is 16.8 Å². The van der Waals surface area contributed by atoms with E-state index >= 15 is 0 Å². The van der Waals surface area contributed by atoms with Gasteiger partial charge in [0.15, 0.2) is 0 Å². The van der Waals surface area contributed by atoms with E-state index in [-0.39, 0.29) is 11.5 Å². The number of nitrogens with zero attached hydrogens (tertiary/aromatic N) is 5. The Balaban J connectivity index is 1.39. The molecule has 1 amide bonds. The minimum absolute atomic E-state index is 0.0677. The van der Waals surface area contributed by atoms with E-state index in [9.17, 15) is 9.59 Å². The second kappa shape index (κ2) is 9.50. The van der Waals surface area contributed by atoms with Crippen LogP contribution in [0, 0.1) is 13.8 Å². The summed E-state index contributed by atoms with van der Waals surface area (Å²) in [5.74, 6) is -0.0677. The quantitative estimate of drug-likeness (QED) is 0.447. The van der Waals surface area contributed by atoms with Gasteiger partial charge in [-0.2, -0.15) is 9.78 Å². The van der Waals surface area contributed by atoms with Crippen molar-refractivity contribution in [2.75, 3.05) is 26.2 Å². The normalized spacial score (nSPS) is 14.5. The molecule has 1 fully saturated rings. The number of para-hydroxylation sites is 1. The van der Waals surface area contributed by atoms with Gasteiger partial charge in [-0.1, -0.05) is 42.0 Å². The molecule has 2 aromatic carbocycles. The highest BCUT2D eigenvalue weighted by Gasteiger charge is 2.29. The van der Waals surface area contributed by atoms with Gasteiger partial charge in [-0.3, -0.25) is 14.5 Å². The zero-order chi connectivity index (χ0) is 24.5. The average Bonchev–Trinajstić information content (AvgIpc) is 3.22. The number of pyridine rings is 1. The van der Waals surface area contributed by atoms with Crippen LogP contribution in [0.5, 0.6) is 0 Å². The lowest BCUT2D eigenvalue weighted by atomic mass is 10.0. The van der Waals surface area contributed by atoms with Gasteiger partial charge in [-0.05, 0) is 44.0 Å². The molecule has 0 N–H and O–H groups in total. The molecule has 0 radical (unpaired) electrons. The maximum Gasteiger partial charge on any atom is 0.282 e. The first-order valence-corrected chi connectivity index (χ1v) is 12.2. The number of hydrogen-bond donors (Lipinski definition) is 0. The molecule has 7 heteroatoms. The summed E-state index contributed by atoms with van der Waals surface area (Å²) in [5.41, 5.74) is 5.81. The van der Waals surface area contributed by atoms with E-state index in [4.69, 9.17) is 0 Å². The number of aromatic nitrogens is 3. The van der Waals surface area contributed by atoms with Crippen LogP contribution in [-0.4, -0.2) is 56.2 Å². The van der Waals surface area contributed by atoms with E-state index in [1.165, 1.54) is 21.4 Å². The van der Waals surface area contributed by atoms with Gasteiger partial charge in [-0.15, -0.1) is 0 Å². The lowest BCUT2D eigenvalue weighted by Crippen LogP contribution is -2.48. The van der Waals surface area contributed by atoms with E-state index in [0.29, 0.717) is 42.1 Å². The zero-order valence-corrected chi connectivity index (χ0v) is 20.6. The van der Waals surface area contributed by atoms with Crippen molar-refractivity contribution in [1.82, 2.24) is 24.1 Å². The summed E-state index contributed by atoms with van der Waals surface area (Å²) >= 11 is 0. The molecule has 1 saturated heterocycles. The highest BCUT2D eigenvalue weighted by Crippen LogP contribution is 2.24. The summed E-state index contributed by atoms with van der Waals surface area (Å²) < 4.78 is 3.29. The molecule has 35 heavy (non-hydrogen) atoms. The van der Waals surface area contributed by atoms with E-state index in [2.05, 4.69) is 42.0 Å². The summed E-state index contributed by atoms with van der Waals surface area (Å²) in [7, 11) is 0. The first-order chi connectivity index (χ1) is 16.9. The second-order valence-corrected chi connectivity index (χ2v) is 9.32. The van der Waals surface area contributed by atoms with Crippen LogP contribution in [0.25, 0.3) is 16.9 Å². The van der Waals surface area contributed by atoms with Gasteiger partial charge in [0.2, 0.25) is 0 Å². The number of fused-ring (bicyclic) bond motifs is 1. The molecule has 0 unspecified atom stereocenters. The summed E-state index contributed by atoms with van der Waals surface area (Å²) in [6.07, 6.45) is 3.62. The van der Waals surface area contributed by atoms with E-state index < -0.39 is 0 Å². The van der Waals surface area contributed by atoms with Gasteiger partial charge in [0.25, 0.3) is 11.5 Å². The largest absolute Gasteiger partial charge is 0.353 e. The van der Waals surface area contributed by atoms with E-state index in [1.54, 1.807) is 6.20 Å². The van der Waals surface area contributed by atoms with Crippen LogP contribution < -0.4 is 5.56 Å². The lowest BCUT2D eigenvalue weighted by molar-refractivity contribution is 0.0627. The van der Waals surface area contributed by atoms with Crippen LogP contribution in [-0.2, 0) is 13.1 Å². The molecule has 180 valence electrons. The molecule has 3 aliphatic rings. The Hall–Kier alpha value is -3.71. The Morgan fingerprint density at radius 3 is 2.43 bits per heavy atom. The van der Waals surface area contributed by atoms with Crippen LogP contribution in [0.15, 0.2) is 65.7 Å². The van der Waals surface area contributed by atoms with Crippen molar-refractivity contribution in [1.29, 1.82) is 0 Å². The van der Waals surface area contributed by atoms with Crippen molar-refractivity contribution in [3.63, 3.8) is 0 Å². The molecule has 0 aromatic heterocycles. The van der Waals surface area contributed by atoms with Crippen LogP contribution in [0.1, 0.15) is 34.0 Å². The molecule has 0 spiro atoms. The van der Waals surface area contributed by atoms with Gasteiger partial charge in [-0.25, -0.2) is 0 Å². The number of hydrogen-bond acceptors (Lipinski definition) is 4. The molecule has 2 aromatic rings. The Morgan fingerprint density at radius 2 is 1.71 bits per heavy atom. The monoisotopic (exact) mass is 469 g/mol. The molecule has 0 saturated carbocycles. The standard InChI is InChI=1S/C28H31N5O2/c1-4-30-18-24(26-25(19-30)28(35)33(29-26)23-8-6-5-7-9-23)27(34)32-14-12-31(13-15-32)17-22-16-20(2)10-11-21(22)3/h5-11,16,18-19H,4,12-15,17H2,1-3H3. The molecule has 7 nitrogen and oxygen atoms in total. The highest BCUT2D eigenvalue weighted by atomic mass is 16.2. The number of aryl methyl sites for hydroxylation is 3. The van der Waals surface area contributed by atoms with Crippen molar-refractivity contribution >= 4 is 5.91 Å². The minimum atomic E-state index is -0.207. The molecule has 5 rings (SSSR count). The summed E-state index contributed by atoms with van der Waals surface area (Å²) in [4.78, 5) is 31.1. The van der Waals surface area contributed by atoms with Crippen molar-refractivity contribution in [3.05, 3.63) is 93.5 Å². The number of amides is 1. The van der Waals surface area contributed by atoms with Gasteiger partial charge >= 0.3 is 0 Å². The van der Waals surface area contributed by atoms with Crippen LogP contribution in [0.4, 0.5) is 0 Å². The highest BCUT2D eigenvalue weighted by molar-refractivity contribution is 6.00. The molecule has 0 bridgehead atoms. The Bertz CT molecular complexity index is 1380. The first kappa shape index (κ1) is 23.1. The molecule has 0 atom stereocenters. The van der Waals surface area contributed by atoms with Crippen molar-refractivity contribution in [2.45, 2.75) is 33.9 Å². The molecule has 3 aliphatic heterocycles. The van der Waals surface area contributed by atoms with Gasteiger partial charge in [0.1, 0.15) is 5.69 Å². The number of piperazine rings is 1. The van der Waals surface area contributed by atoms with Crippen LogP contribution in [0.3, 0.4) is 0 Å². The minimum Gasteiger partial charge on any atom is -0.353 e. The SMILES string of the molecule is CCn1cc(C(=O)N2CCN(Cc3cc(C)ccc3C)CC2)c2nn(-c3ccccc3)c(=O)c-2c1. The number of rotatable bonds is 5. The maximum absolute atomic E-state index is 13.6. The van der Waals surface area contributed by atoms with Crippen molar-refractivity contribution in [2.24, 2.45) is 0 Å².